The fourth-order valence-electron chi connectivity index (χ4n) is 2.86. The maximum Gasteiger partial charge on any atom is 0.251 e. The average Bonchev–Trinajstić information content (AvgIpc) is 3.14. The molecular formula is C19H17F3N4O2. The summed E-state index contributed by atoms with van der Waals surface area (Å²) in [5.41, 5.74) is -2.02. The summed E-state index contributed by atoms with van der Waals surface area (Å²) in [5, 5.41) is 17.8. The molecule has 0 saturated carbocycles. The number of benzene rings is 2. The molecule has 0 radical (unpaired) electrons. The topological polar surface area (TPSA) is 80.0 Å². The summed E-state index contributed by atoms with van der Waals surface area (Å²) in [6.45, 7) is 1.22. The Morgan fingerprint density at radius 3 is 2.46 bits per heavy atom. The van der Waals surface area contributed by atoms with Gasteiger partial charge < -0.3 is 10.4 Å². The van der Waals surface area contributed by atoms with Crippen LogP contribution in [-0.4, -0.2) is 31.8 Å². The molecule has 2 N–H and O–H groups in total. The van der Waals surface area contributed by atoms with Crippen LogP contribution in [0.4, 0.5) is 13.2 Å². The van der Waals surface area contributed by atoms with E-state index in [0.29, 0.717) is 6.07 Å². The van der Waals surface area contributed by atoms with Crippen molar-refractivity contribution in [3.63, 3.8) is 0 Å². The molecular weight excluding hydrogens is 373 g/mol. The molecule has 0 saturated heterocycles. The van der Waals surface area contributed by atoms with Gasteiger partial charge in [0.2, 0.25) is 0 Å². The lowest BCUT2D eigenvalue weighted by atomic mass is 9.86. The van der Waals surface area contributed by atoms with Crippen LogP contribution in [0, 0.1) is 17.5 Å². The minimum atomic E-state index is -1.97. The van der Waals surface area contributed by atoms with Gasteiger partial charge in [0, 0.05) is 17.2 Å². The lowest BCUT2D eigenvalue weighted by molar-refractivity contribution is -0.0186. The lowest BCUT2D eigenvalue weighted by Gasteiger charge is -2.35. The molecule has 0 fully saturated rings. The molecule has 3 rings (SSSR count). The molecule has 1 heterocycles. The number of hydrogen-bond donors (Lipinski definition) is 2. The van der Waals surface area contributed by atoms with Crippen LogP contribution in [0.3, 0.4) is 0 Å². The van der Waals surface area contributed by atoms with Gasteiger partial charge in [-0.1, -0.05) is 6.07 Å². The Morgan fingerprint density at radius 2 is 1.86 bits per heavy atom. The van der Waals surface area contributed by atoms with E-state index in [1.54, 1.807) is 0 Å². The summed E-state index contributed by atoms with van der Waals surface area (Å²) in [4.78, 5) is 16.2. The summed E-state index contributed by atoms with van der Waals surface area (Å²) < 4.78 is 42.1. The van der Waals surface area contributed by atoms with Crippen molar-refractivity contribution in [2.24, 2.45) is 0 Å². The van der Waals surface area contributed by atoms with Gasteiger partial charge in [-0.3, -0.25) is 4.79 Å². The zero-order valence-corrected chi connectivity index (χ0v) is 14.8. The van der Waals surface area contributed by atoms with Gasteiger partial charge in [-0.25, -0.2) is 22.8 Å². The van der Waals surface area contributed by atoms with E-state index in [2.05, 4.69) is 15.4 Å². The van der Waals surface area contributed by atoms with Crippen LogP contribution in [-0.2, 0) is 12.1 Å². The number of nitrogens with one attached hydrogen (secondary N) is 1. The fourth-order valence-corrected chi connectivity index (χ4v) is 2.86. The van der Waals surface area contributed by atoms with E-state index >= 15 is 0 Å². The molecule has 1 aromatic heterocycles. The van der Waals surface area contributed by atoms with Crippen molar-refractivity contribution in [3.8, 4) is 0 Å². The predicted octanol–water partition coefficient (Wildman–Crippen LogP) is 2.40. The number of amides is 1. The SMILES string of the molecule is CC(NC(=O)c1ccc(F)cc1)C(O)(Cn1cncn1)c1ccc(F)cc1F. The monoisotopic (exact) mass is 390 g/mol. The Labute approximate surface area is 158 Å². The Kier molecular flexibility index (Phi) is 5.46. The van der Waals surface area contributed by atoms with E-state index in [0.717, 1.165) is 24.3 Å². The number of rotatable bonds is 6. The van der Waals surface area contributed by atoms with E-state index in [-0.39, 0.29) is 17.7 Å². The van der Waals surface area contributed by atoms with Crippen molar-refractivity contribution in [1.82, 2.24) is 20.1 Å². The van der Waals surface area contributed by atoms with Gasteiger partial charge in [0.15, 0.2) is 0 Å². The second kappa shape index (κ2) is 7.81. The van der Waals surface area contributed by atoms with Crippen LogP contribution in [0.1, 0.15) is 22.8 Å². The Balaban J connectivity index is 1.93. The van der Waals surface area contributed by atoms with Crippen molar-refractivity contribution < 1.29 is 23.1 Å². The molecule has 146 valence electrons. The third kappa shape index (κ3) is 4.04. The van der Waals surface area contributed by atoms with Crippen LogP contribution >= 0.6 is 0 Å². The zero-order valence-electron chi connectivity index (χ0n) is 14.8. The molecule has 0 aliphatic heterocycles. The molecule has 0 aliphatic rings. The summed E-state index contributed by atoms with van der Waals surface area (Å²) in [6.07, 6.45) is 2.56. The second-order valence-corrected chi connectivity index (χ2v) is 6.34. The summed E-state index contributed by atoms with van der Waals surface area (Å²) in [5.74, 6) is -2.86. The highest BCUT2D eigenvalue weighted by atomic mass is 19.1. The van der Waals surface area contributed by atoms with E-state index in [1.807, 2.05) is 0 Å². The Bertz CT molecular complexity index is 964. The van der Waals surface area contributed by atoms with Crippen LogP contribution in [0.25, 0.3) is 0 Å². The quantitative estimate of drug-likeness (QED) is 0.678. The van der Waals surface area contributed by atoms with Crippen molar-refractivity contribution >= 4 is 5.91 Å². The largest absolute Gasteiger partial charge is 0.381 e. The van der Waals surface area contributed by atoms with Crippen molar-refractivity contribution in [1.29, 1.82) is 0 Å². The zero-order chi connectivity index (χ0) is 20.3. The number of hydrogen-bond acceptors (Lipinski definition) is 4. The number of aromatic nitrogens is 3. The smallest absolute Gasteiger partial charge is 0.251 e. The van der Waals surface area contributed by atoms with Gasteiger partial charge in [0.05, 0.1) is 12.6 Å². The fraction of sp³-hybridized carbons (Fsp3) is 0.211. The molecule has 2 aromatic carbocycles. The highest BCUT2D eigenvalue weighted by Crippen LogP contribution is 2.30. The standard InChI is InChI=1S/C19H17F3N4O2/c1-12(25-18(27)13-2-4-14(20)5-3-13)19(28,9-26-11-23-10-24-26)16-7-6-15(21)8-17(16)22/h2-8,10-12,28H,9H2,1H3,(H,25,27). The number of carbonyl (C=O) groups excluding carboxylic acids is 1. The maximum atomic E-state index is 14.4. The summed E-state index contributed by atoms with van der Waals surface area (Å²) in [6, 6.07) is 6.58. The number of nitrogens with zero attached hydrogens (tertiary/aromatic N) is 3. The van der Waals surface area contributed by atoms with Gasteiger partial charge in [-0.2, -0.15) is 5.10 Å². The van der Waals surface area contributed by atoms with Gasteiger partial charge >= 0.3 is 0 Å². The highest BCUT2D eigenvalue weighted by Gasteiger charge is 2.40. The molecule has 0 bridgehead atoms. The molecule has 0 spiro atoms. The normalized spacial score (nSPS) is 14.3. The van der Waals surface area contributed by atoms with Crippen LogP contribution < -0.4 is 5.32 Å². The van der Waals surface area contributed by atoms with Gasteiger partial charge in [-0.05, 0) is 37.3 Å². The Morgan fingerprint density at radius 1 is 1.18 bits per heavy atom. The van der Waals surface area contributed by atoms with Crippen molar-refractivity contribution in [2.45, 2.75) is 25.1 Å². The first-order valence-electron chi connectivity index (χ1n) is 8.36. The first kappa shape index (κ1) is 19.6. The molecule has 3 aromatic rings. The van der Waals surface area contributed by atoms with Gasteiger partial charge in [0.1, 0.15) is 35.7 Å². The van der Waals surface area contributed by atoms with Crippen molar-refractivity contribution in [3.05, 3.63) is 83.7 Å². The number of halogens is 3. The summed E-state index contributed by atoms with van der Waals surface area (Å²) >= 11 is 0. The van der Waals surface area contributed by atoms with Crippen LogP contribution in [0.5, 0.6) is 0 Å². The molecule has 2 atom stereocenters. The van der Waals surface area contributed by atoms with Crippen LogP contribution in [0.15, 0.2) is 55.1 Å². The lowest BCUT2D eigenvalue weighted by Crippen LogP contribution is -2.51. The van der Waals surface area contributed by atoms with Crippen LogP contribution in [0.2, 0.25) is 0 Å². The van der Waals surface area contributed by atoms with E-state index in [4.69, 9.17) is 0 Å². The molecule has 6 nitrogen and oxygen atoms in total. The van der Waals surface area contributed by atoms with E-state index in [9.17, 15) is 23.1 Å². The third-order valence-electron chi connectivity index (χ3n) is 4.44. The maximum absolute atomic E-state index is 14.4. The van der Waals surface area contributed by atoms with Crippen molar-refractivity contribution in [2.75, 3.05) is 0 Å². The molecule has 28 heavy (non-hydrogen) atoms. The molecule has 9 heteroatoms. The second-order valence-electron chi connectivity index (χ2n) is 6.34. The average molecular weight is 390 g/mol. The predicted molar refractivity (Wildman–Crippen MR) is 93.6 cm³/mol. The molecule has 2 unspecified atom stereocenters. The summed E-state index contributed by atoms with van der Waals surface area (Å²) in [7, 11) is 0. The molecule has 1 amide bonds. The van der Waals surface area contributed by atoms with E-state index in [1.165, 1.54) is 36.4 Å². The molecule has 0 aliphatic carbocycles. The minimum absolute atomic E-state index is 0.163. The minimum Gasteiger partial charge on any atom is -0.381 e. The third-order valence-corrected chi connectivity index (χ3v) is 4.44. The van der Waals surface area contributed by atoms with E-state index < -0.39 is 35.0 Å². The van der Waals surface area contributed by atoms with Gasteiger partial charge in [0.25, 0.3) is 5.91 Å². The number of aliphatic hydroxyl groups is 1. The highest BCUT2D eigenvalue weighted by molar-refractivity contribution is 5.94. The Hall–Kier alpha value is -3.20. The first-order valence-corrected chi connectivity index (χ1v) is 8.36. The van der Waals surface area contributed by atoms with Gasteiger partial charge in [-0.15, -0.1) is 0 Å². The number of carbonyl (C=O) groups is 1. The first-order chi connectivity index (χ1) is 13.3.